The average Bonchev–Trinajstić information content (AvgIpc) is 1.96. The van der Waals surface area contributed by atoms with Gasteiger partial charge in [-0.25, -0.2) is 0 Å². The van der Waals surface area contributed by atoms with Crippen molar-refractivity contribution >= 4 is 0 Å². The molecule has 2 heteroatoms. The van der Waals surface area contributed by atoms with Crippen molar-refractivity contribution in [1.29, 1.82) is 0 Å². The molecular formula is C10H19NO. The van der Waals surface area contributed by atoms with E-state index in [2.05, 4.69) is 20.8 Å². The lowest BCUT2D eigenvalue weighted by atomic mass is 9.82. The molecule has 3 N–H and O–H groups in total. The van der Waals surface area contributed by atoms with Crippen LogP contribution in [0, 0.1) is 5.92 Å². The van der Waals surface area contributed by atoms with Crippen molar-refractivity contribution in [3.8, 4) is 0 Å². The van der Waals surface area contributed by atoms with Gasteiger partial charge >= 0.3 is 0 Å². The lowest BCUT2D eigenvalue weighted by molar-refractivity contribution is 0.135. The number of rotatable bonds is 1. The molecule has 2 atom stereocenters. The fourth-order valence-corrected chi connectivity index (χ4v) is 1.89. The number of nitrogens with two attached hydrogens (primary N) is 1. The standard InChI is InChI=1S/C10H19NO/c1-6(2)8-5-9(11)10(12)4-7(8)3/h6,9-10,12H,4-5,11H2,1-3H3. The quantitative estimate of drug-likeness (QED) is 0.583. The monoisotopic (exact) mass is 169 g/mol. The van der Waals surface area contributed by atoms with Crippen molar-refractivity contribution in [2.24, 2.45) is 11.7 Å². The molecule has 0 amide bonds. The normalized spacial score (nSPS) is 31.5. The molecule has 0 aromatic rings. The minimum Gasteiger partial charge on any atom is -0.391 e. The van der Waals surface area contributed by atoms with E-state index < -0.39 is 0 Å². The Hall–Kier alpha value is -0.340. The molecule has 0 heterocycles. The van der Waals surface area contributed by atoms with Crippen molar-refractivity contribution in [2.45, 2.75) is 45.8 Å². The summed E-state index contributed by atoms with van der Waals surface area (Å²) in [5.74, 6) is 0.573. The third-order valence-electron chi connectivity index (χ3n) is 2.71. The first-order valence-corrected chi connectivity index (χ1v) is 4.64. The molecule has 0 saturated heterocycles. The first-order valence-electron chi connectivity index (χ1n) is 4.64. The Morgan fingerprint density at radius 2 is 2.00 bits per heavy atom. The summed E-state index contributed by atoms with van der Waals surface area (Å²) < 4.78 is 0. The van der Waals surface area contributed by atoms with Crippen molar-refractivity contribution in [1.82, 2.24) is 0 Å². The van der Waals surface area contributed by atoms with Gasteiger partial charge in [-0.2, -0.15) is 0 Å². The van der Waals surface area contributed by atoms with E-state index in [-0.39, 0.29) is 12.1 Å². The van der Waals surface area contributed by atoms with Gasteiger partial charge in [0, 0.05) is 6.04 Å². The summed E-state index contributed by atoms with van der Waals surface area (Å²) in [7, 11) is 0. The van der Waals surface area contributed by atoms with Gasteiger partial charge in [-0.05, 0) is 25.7 Å². The van der Waals surface area contributed by atoms with Crippen molar-refractivity contribution in [2.75, 3.05) is 0 Å². The summed E-state index contributed by atoms with van der Waals surface area (Å²) in [6.07, 6.45) is 1.30. The zero-order chi connectivity index (χ0) is 9.30. The van der Waals surface area contributed by atoms with Gasteiger partial charge in [-0.15, -0.1) is 0 Å². The maximum atomic E-state index is 9.49. The highest BCUT2D eigenvalue weighted by Crippen LogP contribution is 2.28. The molecule has 0 bridgehead atoms. The highest BCUT2D eigenvalue weighted by Gasteiger charge is 2.24. The molecule has 0 saturated carbocycles. The van der Waals surface area contributed by atoms with Crippen LogP contribution in [-0.4, -0.2) is 17.3 Å². The van der Waals surface area contributed by atoms with Crippen molar-refractivity contribution < 1.29 is 5.11 Å². The fraction of sp³-hybridized carbons (Fsp3) is 0.800. The second kappa shape index (κ2) is 3.58. The van der Waals surface area contributed by atoms with Crippen LogP contribution in [0.5, 0.6) is 0 Å². The molecule has 2 nitrogen and oxygen atoms in total. The van der Waals surface area contributed by atoms with E-state index >= 15 is 0 Å². The van der Waals surface area contributed by atoms with Gasteiger partial charge in [-0.1, -0.05) is 25.0 Å². The van der Waals surface area contributed by atoms with Crippen LogP contribution in [0.4, 0.5) is 0 Å². The number of aliphatic hydroxyl groups is 1. The van der Waals surface area contributed by atoms with Crippen LogP contribution < -0.4 is 5.73 Å². The molecule has 0 fully saturated rings. The Morgan fingerprint density at radius 3 is 2.50 bits per heavy atom. The van der Waals surface area contributed by atoms with Crippen LogP contribution in [0.2, 0.25) is 0 Å². The van der Waals surface area contributed by atoms with Crippen molar-refractivity contribution in [3.63, 3.8) is 0 Å². The molecule has 12 heavy (non-hydrogen) atoms. The van der Waals surface area contributed by atoms with Crippen LogP contribution in [0.25, 0.3) is 0 Å². The molecule has 1 rings (SSSR count). The van der Waals surface area contributed by atoms with Crippen molar-refractivity contribution in [3.05, 3.63) is 11.1 Å². The maximum absolute atomic E-state index is 9.49. The Bertz CT molecular complexity index is 196. The van der Waals surface area contributed by atoms with Gasteiger partial charge in [0.1, 0.15) is 0 Å². The molecule has 0 aromatic heterocycles. The van der Waals surface area contributed by atoms with Crippen LogP contribution in [-0.2, 0) is 0 Å². The molecule has 1 aliphatic carbocycles. The zero-order valence-corrected chi connectivity index (χ0v) is 8.17. The summed E-state index contributed by atoms with van der Waals surface area (Å²) in [4.78, 5) is 0. The predicted octanol–water partition coefficient (Wildman–Crippen LogP) is 1.44. The van der Waals surface area contributed by atoms with Gasteiger partial charge in [-0.3, -0.25) is 0 Å². The molecule has 0 aromatic carbocycles. The highest BCUT2D eigenvalue weighted by atomic mass is 16.3. The summed E-state index contributed by atoms with van der Waals surface area (Å²) in [6, 6.07) is -0.0499. The minimum absolute atomic E-state index is 0.0499. The Labute approximate surface area is 74.5 Å². The van der Waals surface area contributed by atoms with E-state index in [1.54, 1.807) is 0 Å². The van der Waals surface area contributed by atoms with Gasteiger partial charge < -0.3 is 10.8 Å². The summed E-state index contributed by atoms with van der Waals surface area (Å²) in [6.45, 7) is 6.47. The fourth-order valence-electron chi connectivity index (χ4n) is 1.89. The molecule has 0 spiro atoms. The Balaban J connectivity index is 2.78. The second-order valence-corrected chi connectivity index (χ2v) is 4.10. The molecule has 70 valence electrons. The number of hydrogen-bond donors (Lipinski definition) is 2. The molecule has 2 unspecified atom stereocenters. The van der Waals surface area contributed by atoms with E-state index in [4.69, 9.17) is 5.73 Å². The number of hydrogen-bond acceptors (Lipinski definition) is 2. The third kappa shape index (κ3) is 1.87. The smallest absolute Gasteiger partial charge is 0.0731 e. The Morgan fingerprint density at radius 1 is 1.42 bits per heavy atom. The SMILES string of the molecule is CC1=C(C(C)C)CC(N)C(O)C1. The topological polar surface area (TPSA) is 46.2 Å². The van der Waals surface area contributed by atoms with Gasteiger partial charge in [0.25, 0.3) is 0 Å². The predicted molar refractivity (Wildman–Crippen MR) is 50.8 cm³/mol. The van der Waals surface area contributed by atoms with E-state index in [0.717, 1.165) is 12.8 Å². The molecular weight excluding hydrogens is 150 g/mol. The first kappa shape index (κ1) is 9.75. The summed E-state index contributed by atoms with van der Waals surface area (Å²) in [5.41, 5.74) is 8.55. The lowest BCUT2D eigenvalue weighted by Crippen LogP contribution is -2.38. The zero-order valence-electron chi connectivity index (χ0n) is 8.17. The third-order valence-corrected chi connectivity index (χ3v) is 2.71. The van der Waals surface area contributed by atoms with Crippen LogP contribution in [0.1, 0.15) is 33.6 Å². The van der Waals surface area contributed by atoms with Crippen LogP contribution in [0.3, 0.4) is 0 Å². The van der Waals surface area contributed by atoms with E-state index in [1.165, 1.54) is 11.1 Å². The highest BCUT2D eigenvalue weighted by molar-refractivity contribution is 5.20. The summed E-state index contributed by atoms with van der Waals surface area (Å²) in [5, 5.41) is 9.49. The molecule has 0 aliphatic heterocycles. The number of aliphatic hydroxyl groups excluding tert-OH is 1. The van der Waals surface area contributed by atoms with E-state index in [9.17, 15) is 5.11 Å². The van der Waals surface area contributed by atoms with Gasteiger partial charge in [0.2, 0.25) is 0 Å². The van der Waals surface area contributed by atoms with E-state index in [1.807, 2.05) is 0 Å². The minimum atomic E-state index is -0.326. The summed E-state index contributed by atoms with van der Waals surface area (Å²) >= 11 is 0. The maximum Gasteiger partial charge on any atom is 0.0731 e. The Kier molecular flexibility index (Phi) is 2.91. The van der Waals surface area contributed by atoms with Gasteiger partial charge in [0.05, 0.1) is 6.10 Å². The second-order valence-electron chi connectivity index (χ2n) is 4.10. The average molecular weight is 169 g/mol. The molecule has 0 radical (unpaired) electrons. The molecule has 1 aliphatic rings. The lowest BCUT2D eigenvalue weighted by Gasteiger charge is -2.29. The van der Waals surface area contributed by atoms with Crippen LogP contribution in [0.15, 0.2) is 11.1 Å². The first-order chi connectivity index (χ1) is 5.52. The van der Waals surface area contributed by atoms with Gasteiger partial charge in [0.15, 0.2) is 0 Å². The largest absolute Gasteiger partial charge is 0.391 e. The van der Waals surface area contributed by atoms with E-state index in [0.29, 0.717) is 5.92 Å². The van der Waals surface area contributed by atoms with Crippen LogP contribution >= 0.6 is 0 Å².